The number of hydrogen-bond donors (Lipinski definition) is 1. The van der Waals surface area contributed by atoms with E-state index in [1.165, 1.54) is 6.08 Å². The summed E-state index contributed by atoms with van der Waals surface area (Å²) in [6.45, 7) is 0.704. The number of allylic oxidation sites excluding steroid dienone is 1. The molecule has 1 N–H and O–H groups in total. The van der Waals surface area contributed by atoms with Gasteiger partial charge in [0.1, 0.15) is 6.61 Å². The number of rotatable bonds is 8. The van der Waals surface area contributed by atoms with Gasteiger partial charge in [0.25, 0.3) is 0 Å². The van der Waals surface area contributed by atoms with E-state index in [0.29, 0.717) is 6.54 Å². The van der Waals surface area contributed by atoms with Crippen LogP contribution < -0.4 is 0 Å². The molecule has 0 aliphatic heterocycles. The smallest absolute Gasteiger partial charge is 0.410 e. The SMILES string of the molecule is O=C(O)/C=C/C1(c2ccccc2)CCC(N(Cc2ccccc2)C(=O)OCc2ccccc2)CC1. The largest absolute Gasteiger partial charge is 0.478 e. The molecular formula is C30H31NO4. The van der Waals surface area contributed by atoms with Crippen molar-refractivity contribution in [3.63, 3.8) is 0 Å². The maximum absolute atomic E-state index is 13.3. The van der Waals surface area contributed by atoms with Crippen LogP contribution in [0.4, 0.5) is 4.79 Å². The first-order valence-corrected chi connectivity index (χ1v) is 12.0. The lowest BCUT2D eigenvalue weighted by Crippen LogP contribution is -2.44. The minimum atomic E-state index is -0.947. The van der Waals surface area contributed by atoms with E-state index in [1.807, 2.05) is 89.8 Å². The molecule has 35 heavy (non-hydrogen) atoms. The van der Waals surface area contributed by atoms with Crippen molar-refractivity contribution in [2.75, 3.05) is 0 Å². The molecule has 0 radical (unpaired) electrons. The van der Waals surface area contributed by atoms with E-state index in [0.717, 1.165) is 42.4 Å². The molecule has 5 heteroatoms. The molecular weight excluding hydrogens is 438 g/mol. The van der Waals surface area contributed by atoms with Crippen LogP contribution in [0.2, 0.25) is 0 Å². The molecule has 0 aromatic heterocycles. The van der Waals surface area contributed by atoms with Crippen LogP contribution in [0.3, 0.4) is 0 Å². The lowest BCUT2D eigenvalue weighted by atomic mass is 9.67. The summed E-state index contributed by atoms with van der Waals surface area (Å²) < 4.78 is 5.73. The normalized spacial score (nSPS) is 19.8. The van der Waals surface area contributed by atoms with E-state index in [9.17, 15) is 14.7 Å². The molecule has 0 spiro atoms. The summed E-state index contributed by atoms with van der Waals surface area (Å²) in [5, 5.41) is 9.28. The zero-order valence-electron chi connectivity index (χ0n) is 19.8. The van der Waals surface area contributed by atoms with Gasteiger partial charge in [-0.3, -0.25) is 0 Å². The van der Waals surface area contributed by atoms with Crippen molar-refractivity contribution in [3.05, 3.63) is 120 Å². The van der Waals surface area contributed by atoms with E-state index in [4.69, 9.17) is 4.74 Å². The van der Waals surface area contributed by atoms with Crippen molar-refractivity contribution in [2.24, 2.45) is 0 Å². The molecule has 0 bridgehead atoms. The Hall–Kier alpha value is -3.86. The van der Waals surface area contributed by atoms with Gasteiger partial charge in [-0.05, 0) is 42.4 Å². The molecule has 0 heterocycles. The van der Waals surface area contributed by atoms with Crippen molar-refractivity contribution >= 4 is 12.1 Å². The van der Waals surface area contributed by atoms with Crippen molar-refractivity contribution < 1.29 is 19.4 Å². The van der Waals surface area contributed by atoms with Gasteiger partial charge in [0.15, 0.2) is 0 Å². The summed E-state index contributed by atoms with van der Waals surface area (Å²) in [5.74, 6) is -0.947. The van der Waals surface area contributed by atoms with Crippen LogP contribution in [0, 0.1) is 0 Å². The Labute approximate surface area is 206 Å². The van der Waals surface area contributed by atoms with Gasteiger partial charge in [-0.2, -0.15) is 0 Å². The number of carboxylic acid groups (broad SMARTS) is 1. The molecule has 0 unspecified atom stereocenters. The Morgan fingerprint density at radius 1 is 0.857 bits per heavy atom. The maximum atomic E-state index is 13.3. The minimum Gasteiger partial charge on any atom is -0.478 e. The first-order chi connectivity index (χ1) is 17.1. The number of aliphatic carboxylic acids is 1. The monoisotopic (exact) mass is 469 g/mol. The lowest BCUT2D eigenvalue weighted by molar-refractivity contribution is -0.131. The topological polar surface area (TPSA) is 66.8 Å². The lowest BCUT2D eigenvalue weighted by Gasteiger charge is -2.42. The average Bonchev–Trinajstić information content (AvgIpc) is 2.91. The summed E-state index contributed by atoms with van der Waals surface area (Å²) in [7, 11) is 0. The van der Waals surface area contributed by atoms with Crippen molar-refractivity contribution in [1.29, 1.82) is 0 Å². The molecule has 0 atom stereocenters. The second kappa shape index (κ2) is 11.5. The standard InChI is InChI=1S/C30H31NO4/c32-28(33)18-21-30(26-14-8-3-9-15-26)19-16-27(17-20-30)31(22-24-10-4-1-5-11-24)29(34)35-23-25-12-6-2-7-13-25/h1-15,18,21,27H,16-17,19-20,22-23H2,(H,32,33)/b21-18+. The van der Waals surface area contributed by atoms with Crippen LogP contribution in [0.5, 0.6) is 0 Å². The highest BCUT2D eigenvalue weighted by atomic mass is 16.6. The predicted molar refractivity (Wildman–Crippen MR) is 136 cm³/mol. The summed E-state index contributed by atoms with van der Waals surface area (Å²) in [5.41, 5.74) is 2.75. The number of carbonyl (C=O) groups excluding carboxylic acids is 1. The zero-order valence-corrected chi connectivity index (χ0v) is 19.8. The van der Waals surface area contributed by atoms with Crippen LogP contribution in [-0.2, 0) is 28.1 Å². The van der Waals surface area contributed by atoms with Crippen LogP contribution in [0.25, 0.3) is 0 Å². The Kier molecular flexibility index (Phi) is 7.99. The number of amides is 1. The van der Waals surface area contributed by atoms with E-state index >= 15 is 0 Å². The third-order valence-corrected chi connectivity index (χ3v) is 6.82. The van der Waals surface area contributed by atoms with Gasteiger partial charge >= 0.3 is 12.1 Å². The molecule has 1 aliphatic carbocycles. The van der Waals surface area contributed by atoms with Gasteiger partial charge in [-0.25, -0.2) is 9.59 Å². The molecule has 4 rings (SSSR count). The average molecular weight is 470 g/mol. The highest BCUT2D eigenvalue weighted by Crippen LogP contribution is 2.42. The Morgan fingerprint density at radius 3 is 1.97 bits per heavy atom. The van der Waals surface area contributed by atoms with E-state index < -0.39 is 5.97 Å². The summed E-state index contributed by atoms with van der Waals surface area (Å²) in [6.07, 6.45) is 5.78. The van der Waals surface area contributed by atoms with Gasteiger partial charge in [0, 0.05) is 24.1 Å². The van der Waals surface area contributed by atoms with Crippen molar-refractivity contribution in [1.82, 2.24) is 4.90 Å². The third-order valence-electron chi connectivity index (χ3n) is 6.82. The Balaban J connectivity index is 1.52. The van der Waals surface area contributed by atoms with E-state index in [2.05, 4.69) is 12.1 Å². The van der Waals surface area contributed by atoms with Crippen LogP contribution in [0.1, 0.15) is 42.4 Å². The third kappa shape index (κ3) is 6.38. The maximum Gasteiger partial charge on any atom is 0.410 e. The van der Waals surface area contributed by atoms with Crippen molar-refractivity contribution in [2.45, 2.75) is 50.3 Å². The number of nitrogens with zero attached hydrogens (tertiary/aromatic N) is 1. The number of carbonyl (C=O) groups is 2. The molecule has 1 saturated carbocycles. The highest BCUT2D eigenvalue weighted by Gasteiger charge is 2.38. The Bertz CT molecular complexity index is 1120. The second-order valence-corrected chi connectivity index (χ2v) is 9.08. The summed E-state index contributed by atoms with van der Waals surface area (Å²) >= 11 is 0. The molecule has 5 nitrogen and oxygen atoms in total. The van der Waals surface area contributed by atoms with Gasteiger partial charge in [-0.15, -0.1) is 0 Å². The molecule has 1 aliphatic rings. The fourth-order valence-corrected chi connectivity index (χ4v) is 4.91. The summed E-state index contributed by atoms with van der Waals surface area (Å²) in [4.78, 5) is 26.4. The molecule has 1 fully saturated rings. The van der Waals surface area contributed by atoms with Crippen molar-refractivity contribution in [3.8, 4) is 0 Å². The molecule has 180 valence electrons. The number of ether oxygens (including phenoxy) is 1. The highest BCUT2D eigenvalue weighted by molar-refractivity contribution is 5.80. The first-order valence-electron chi connectivity index (χ1n) is 12.0. The quantitative estimate of drug-likeness (QED) is 0.391. The molecule has 1 amide bonds. The predicted octanol–water partition coefficient (Wildman–Crippen LogP) is 6.35. The zero-order chi connectivity index (χ0) is 24.5. The van der Waals surface area contributed by atoms with Gasteiger partial charge in [0.2, 0.25) is 0 Å². The fraction of sp³-hybridized carbons (Fsp3) is 0.267. The minimum absolute atomic E-state index is 0.00791. The van der Waals surface area contributed by atoms with Gasteiger partial charge in [0.05, 0.1) is 0 Å². The number of benzene rings is 3. The fourth-order valence-electron chi connectivity index (χ4n) is 4.91. The molecule has 3 aromatic rings. The van der Waals surface area contributed by atoms with E-state index in [-0.39, 0.29) is 24.2 Å². The van der Waals surface area contributed by atoms with Crippen LogP contribution >= 0.6 is 0 Å². The first kappa shape index (κ1) is 24.3. The number of hydrogen-bond acceptors (Lipinski definition) is 3. The van der Waals surface area contributed by atoms with Gasteiger partial charge < -0.3 is 14.7 Å². The molecule has 3 aromatic carbocycles. The second-order valence-electron chi connectivity index (χ2n) is 9.08. The molecule has 0 saturated heterocycles. The number of carboxylic acids is 1. The van der Waals surface area contributed by atoms with Crippen LogP contribution in [0.15, 0.2) is 103 Å². The Morgan fingerprint density at radius 2 is 1.40 bits per heavy atom. The van der Waals surface area contributed by atoms with Crippen LogP contribution in [-0.4, -0.2) is 28.1 Å². The summed E-state index contributed by atoms with van der Waals surface area (Å²) in [6, 6.07) is 29.7. The van der Waals surface area contributed by atoms with Gasteiger partial charge in [-0.1, -0.05) is 97.1 Å². The van der Waals surface area contributed by atoms with E-state index in [1.54, 1.807) is 0 Å².